The third kappa shape index (κ3) is 8.28. The van der Waals surface area contributed by atoms with E-state index in [1.54, 1.807) is 0 Å². The summed E-state index contributed by atoms with van der Waals surface area (Å²) in [6.07, 6.45) is 14.6. The first-order valence-electron chi connectivity index (χ1n) is 13.6. The summed E-state index contributed by atoms with van der Waals surface area (Å²) >= 11 is 0. The molecule has 2 atom stereocenters. The second kappa shape index (κ2) is 14.1. The fourth-order valence-corrected chi connectivity index (χ4v) is 5.28. The lowest BCUT2D eigenvalue weighted by molar-refractivity contribution is -0.135. The quantitative estimate of drug-likeness (QED) is 0.114. The van der Waals surface area contributed by atoms with Gasteiger partial charge in [-0.1, -0.05) is 59.9 Å². The number of rotatable bonds is 13. The number of carbonyl (C=O) groups excluding carboxylic acids is 2. The first kappa shape index (κ1) is 30.3. The number of aliphatic carboxylic acids is 1. The molecule has 0 spiro atoms. The molecule has 2 N–H and O–H groups in total. The van der Waals surface area contributed by atoms with Crippen LogP contribution in [-0.2, 0) is 14.4 Å². The van der Waals surface area contributed by atoms with E-state index in [1.807, 2.05) is 19.9 Å². The van der Waals surface area contributed by atoms with Crippen LogP contribution >= 0.6 is 0 Å². The van der Waals surface area contributed by atoms with Crippen molar-refractivity contribution < 1.29 is 24.6 Å². The van der Waals surface area contributed by atoms with Crippen molar-refractivity contribution >= 4 is 17.5 Å². The fourth-order valence-electron chi connectivity index (χ4n) is 5.28. The number of Topliss-reactive ketones (excluding diaryl/α,β-unsaturated/α-hetero) is 2. The van der Waals surface area contributed by atoms with Crippen LogP contribution < -0.4 is 0 Å². The van der Waals surface area contributed by atoms with Crippen LogP contribution in [0.3, 0.4) is 0 Å². The SMILES string of the molecule is C=C(C)[C@@H]1CCC(C)=C[C@H]1C1=C(O)C(C(=O)O)=C(CCCCCC/C=C(\C)CCC=C(C)C)C(=O)C1=O. The van der Waals surface area contributed by atoms with Crippen LogP contribution in [0.5, 0.6) is 0 Å². The van der Waals surface area contributed by atoms with Gasteiger partial charge in [0.05, 0.1) is 5.57 Å². The van der Waals surface area contributed by atoms with Gasteiger partial charge >= 0.3 is 5.97 Å². The van der Waals surface area contributed by atoms with E-state index in [9.17, 15) is 24.6 Å². The monoisotopic (exact) mass is 508 g/mol. The van der Waals surface area contributed by atoms with Gasteiger partial charge in [0.1, 0.15) is 11.3 Å². The van der Waals surface area contributed by atoms with Gasteiger partial charge in [-0.25, -0.2) is 4.79 Å². The maximum atomic E-state index is 13.2. The van der Waals surface area contributed by atoms with Gasteiger partial charge in [0, 0.05) is 11.5 Å². The number of ketones is 2. The van der Waals surface area contributed by atoms with E-state index in [4.69, 9.17) is 0 Å². The Morgan fingerprint density at radius 2 is 1.70 bits per heavy atom. The highest BCUT2D eigenvalue weighted by Crippen LogP contribution is 2.42. The Morgan fingerprint density at radius 3 is 2.32 bits per heavy atom. The van der Waals surface area contributed by atoms with E-state index < -0.39 is 34.8 Å². The highest BCUT2D eigenvalue weighted by atomic mass is 16.4. The third-order valence-corrected chi connectivity index (χ3v) is 7.41. The molecule has 0 aliphatic heterocycles. The smallest absolute Gasteiger partial charge is 0.339 e. The molecule has 0 fully saturated rings. The normalized spacial score (nSPS) is 20.8. The van der Waals surface area contributed by atoms with Crippen molar-refractivity contribution in [3.05, 3.63) is 69.6 Å². The molecule has 0 amide bonds. The molecule has 2 rings (SSSR count). The van der Waals surface area contributed by atoms with Gasteiger partial charge in [-0.3, -0.25) is 9.59 Å². The van der Waals surface area contributed by atoms with Gasteiger partial charge in [-0.05, 0) is 91.9 Å². The molecule has 0 aromatic heterocycles. The summed E-state index contributed by atoms with van der Waals surface area (Å²) in [7, 11) is 0. The minimum Gasteiger partial charge on any atom is -0.507 e. The molecule has 5 nitrogen and oxygen atoms in total. The van der Waals surface area contributed by atoms with Gasteiger partial charge in [-0.15, -0.1) is 0 Å². The molecule has 0 saturated heterocycles. The summed E-state index contributed by atoms with van der Waals surface area (Å²) in [5.74, 6) is -4.17. The Bertz CT molecular complexity index is 1070. The zero-order chi connectivity index (χ0) is 27.7. The number of hydrogen-bond donors (Lipinski definition) is 2. The molecule has 0 unspecified atom stereocenters. The first-order valence-corrected chi connectivity index (χ1v) is 13.6. The summed E-state index contributed by atoms with van der Waals surface area (Å²) in [5, 5.41) is 20.9. The average Bonchev–Trinajstić information content (AvgIpc) is 2.80. The van der Waals surface area contributed by atoms with E-state index in [0.717, 1.165) is 62.5 Å². The van der Waals surface area contributed by atoms with Gasteiger partial charge in [0.25, 0.3) is 0 Å². The van der Waals surface area contributed by atoms with E-state index in [1.165, 1.54) is 11.1 Å². The standard InChI is InChI=1S/C32H44O5/c1-20(2)13-12-15-22(5)14-10-8-7-9-11-16-25-28(32(36)37)30(34)27(31(35)29(25)33)26-19-23(6)17-18-24(26)21(3)4/h13-14,19,24,26,34H,3,7-12,15-18H2,1-2,4-6H3,(H,36,37)/b22-14+/t24-,26+/m0/s1. The van der Waals surface area contributed by atoms with Gasteiger partial charge in [-0.2, -0.15) is 0 Å². The molecule has 0 aromatic carbocycles. The molecule has 202 valence electrons. The lowest BCUT2D eigenvalue weighted by Crippen LogP contribution is -2.35. The highest BCUT2D eigenvalue weighted by Gasteiger charge is 2.42. The largest absolute Gasteiger partial charge is 0.507 e. The molecule has 0 aromatic rings. The second-order valence-electron chi connectivity index (χ2n) is 10.9. The molecule has 0 saturated carbocycles. The van der Waals surface area contributed by atoms with E-state index in [0.29, 0.717) is 6.42 Å². The molecule has 0 radical (unpaired) electrons. The van der Waals surface area contributed by atoms with Crippen molar-refractivity contribution in [3.8, 4) is 0 Å². The molecule has 2 aliphatic carbocycles. The Hall–Kier alpha value is -2.95. The van der Waals surface area contributed by atoms with Crippen molar-refractivity contribution in [2.75, 3.05) is 0 Å². The van der Waals surface area contributed by atoms with Crippen LogP contribution in [-0.4, -0.2) is 27.7 Å². The zero-order valence-electron chi connectivity index (χ0n) is 23.3. The highest BCUT2D eigenvalue weighted by molar-refractivity contribution is 6.51. The first-order chi connectivity index (χ1) is 17.5. The van der Waals surface area contributed by atoms with Crippen molar-refractivity contribution in [1.82, 2.24) is 0 Å². The number of aliphatic hydroxyl groups excluding tert-OH is 1. The van der Waals surface area contributed by atoms with E-state index in [-0.39, 0.29) is 23.5 Å². The summed E-state index contributed by atoms with van der Waals surface area (Å²) < 4.78 is 0. The average molecular weight is 509 g/mol. The predicted octanol–water partition coefficient (Wildman–Crippen LogP) is 7.91. The van der Waals surface area contributed by atoms with Crippen LogP contribution in [0.4, 0.5) is 0 Å². The van der Waals surface area contributed by atoms with Crippen LogP contribution in [0.2, 0.25) is 0 Å². The van der Waals surface area contributed by atoms with Crippen LogP contribution in [0.25, 0.3) is 0 Å². The van der Waals surface area contributed by atoms with E-state index >= 15 is 0 Å². The van der Waals surface area contributed by atoms with Crippen LogP contribution in [0.1, 0.15) is 98.8 Å². The lowest BCUT2D eigenvalue weighted by atomic mass is 9.70. The Morgan fingerprint density at radius 1 is 1.03 bits per heavy atom. The number of carbonyl (C=O) groups is 3. The summed E-state index contributed by atoms with van der Waals surface area (Å²) in [6.45, 7) is 14.2. The lowest BCUT2D eigenvalue weighted by Gasteiger charge is -2.33. The summed E-state index contributed by atoms with van der Waals surface area (Å²) in [5.41, 5.74) is 4.04. The van der Waals surface area contributed by atoms with Crippen molar-refractivity contribution in [1.29, 1.82) is 0 Å². The van der Waals surface area contributed by atoms with Crippen molar-refractivity contribution in [2.45, 2.75) is 98.8 Å². The summed E-state index contributed by atoms with van der Waals surface area (Å²) in [6, 6.07) is 0. The number of carboxylic acids is 1. The molecular formula is C32H44O5. The molecular weight excluding hydrogens is 464 g/mol. The predicted molar refractivity (Wildman–Crippen MR) is 149 cm³/mol. The minimum absolute atomic E-state index is 0.0721. The van der Waals surface area contributed by atoms with Crippen LogP contribution in [0, 0.1) is 11.8 Å². The van der Waals surface area contributed by atoms with Crippen molar-refractivity contribution in [3.63, 3.8) is 0 Å². The number of hydrogen-bond acceptors (Lipinski definition) is 4. The minimum atomic E-state index is -1.37. The number of allylic oxidation sites excluding steroid dienone is 9. The van der Waals surface area contributed by atoms with Gasteiger partial charge in [0.15, 0.2) is 0 Å². The van der Waals surface area contributed by atoms with Gasteiger partial charge in [0.2, 0.25) is 11.6 Å². The molecule has 2 aliphatic rings. The molecule has 0 bridgehead atoms. The number of unbranched alkanes of at least 4 members (excludes halogenated alkanes) is 4. The Kier molecular flexibility index (Phi) is 11.5. The molecule has 0 heterocycles. The van der Waals surface area contributed by atoms with Crippen molar-refractivity contribution in [2.24, 2.45) is 11.8 Å². The maximum Gasteiger partial charge on any atom is 0.339 e. The topological polar surface area (TPSA) is 91.7 Å². The molecule has 5 heteroatoms. The number of carboxylic acid groups (broad SMARTS) is 1. The van der Waals surface area contributed by atoms with E-state index in [2.05, 4.69) is 39.5 Å². The number of aliphatic hydroxyl groups is 1. The summed E-state index contributed by atoms with van der Waals surface area (Å²) in [4.78, 5) is 38.4. The van der Waals surface area contributed by atoms with Gasteiger partial charge < -0.3 is 10.2 Å². The molecule has 37 heavy (non-hydrogen) atoms. The Labute approximate surface area is 222 Å². The Balaban J connectivity index is 2.09. The zero-order valence-corrected chi connectivity index (χ0v) is 23.3. The third-order valence-electron chi connectivity index (χ3n) is 7.41. The fraction of sp³-hybridized carbons (Fsp3) is 0.531. The maximum absolute atomic E-state index is 13.2. The van der Waals surface area contributed by atoms with Crippen LogP contribution in [0.15, 0.2) is 69.6 Å². The second-order valence-corrected chi connectivity index (χ2v) is 10.9.